The number of hydrogen-bond acceptors (Lipinski definition) is 4. The Bertz CT molecular complexity index is 360. The fourth-order valence-electron chi connectivity index (χ4n) is 1.40. The van der Waals surface area contributed by atoms with E-state index in [2.05, 4.69) is 23.3 Å². The Labute approximate surface area is 103 Å². The van der Waals surface area contributed by atoms with Gasteiger partial charge in [-0.1, -0.05) is 19.4 Å². The lowest BCUT2D eigenvalue weighted by Crippen LogP contribution is -2.20. The molecule has 0 unspecified atom stereocenters. The normalized spacial score (nSPS) is 10.1. The first-order chi connectivity index (χ1) is 8.38. The van der Waals surface area contributed by atoms with Gasteiger partial charge in [0.05, 0.1) is 6.61 Å². The van der Waals surface area contributed by atoms with E-state index in [0.717, 1.165) is 31.6 Å². The van der Waals surface area contributed by atoms with Gasteiger partial charge in [-0.2, -0.15) is 5.26 Å². The number of hydrogen-bond donors (Lipinski definition) is 1. The van der Waals surface area contributed by atoms with Crippen LogP contribution in [-0.2, 0) is 11.3 Å². The molecule has 0 radical (unpaired) electrons. The second kappa shape index (κ2) is 8.68. The van der Waals surface area contributed by atoms with Gasteiger partial charge in [0.2, 0.25) is 0 Å². The van der Waals surface area contributed by atoms with Gasteiger partial charge in [-0.05, 0) is 12.5 Å². The molecule has 0 fully saturated rings. The number of nitrogens with one attached hydrogen (secondary N) is 1. The second-order valence-electron chi connectivity index (χ2n) is 3.77. The minimum absolute atomic E-state index is 0.493. The Balaban J connectivity index is 2.16. The lowest BCUT2D eigenvalue weighted by Gasteiger charge is -2.06. The molecule has 0 atom stereocenters. The molecule has 0 amide bonds. The Hall–Kier alpha value is -1.44. The molecule has 0 bridgehead atoms. The highest BCUT2D eigenvalue weighted by Crippen LogP contribution is 2.02. The third-order valence-electron chi connectivity index (χ3n) is 2.38. The van der Waals surface area contributed by atoms with Gasteiger partial charge in [-0.25, -0.2) is 4.98 Å². The van der Waals surface area contributed by atoms with Gasteiger partial charge in [0.1, 0.15) is 11.8 Å². The Kier molecular flexibility index (Phi) is 6.96. The summed E-state index contributed by atoms with van der Waals surface area (Å²) in [6.07, 6.45) is 3.91. The maximum Gasteiger partial charge on any atom is 0.144 e. The summed E-state index contributed by atoms with van der Waals surface area (Å²) in [5, 5.41) is 12.1. The van der Waals surface area contributed by atoms with E-state index in [9.17, 15) is 0 Å². The molecule has 0 aromatic carbocycles. The van der Waals surface area contributed by atoms with Crippen LogP contribution in [0, 0.1) is 11.3 Å². The quantitative estimate of drug-likeness (QED) is 0.696. The van der Waals surface area contributed by atoms with Crippen molar-refractivity contribution >= 4 is 0 Å². The maximum atomic E-state index is 8.85. The molecule has 92 valence electrons. The second-order valence-corrected chi connectivity index (χ2v) is 3.77. The van der Waals surface area contributed by atoms with Gasteiger partial charge in [0.25, 0.3) is 0 Å². The first-order valence-corrected chi connectivity index (χ1v) is 6.01. The van der Waals surface area contributed by atoms with E-state index < -0.39 is 0 Å². The van der Waals surface area contributed by atoms with E-state index in [-0.39, 0.29) is 0 Å². The van der Waals surface area contributed by atoms with E-state index in [4.69, 9.17) is 10.00 Å². The SMILES string of the molecule is CCCCOCCNCc1cccnc1C#N. The van der Waals surface area contributed by atoms with Crippen molar-refractivity contribution in [3.63, 3.8) is 0 Å². The van der Waals surface area contributed by atoms with Crippen LogP contribution in [0.15, 0.2) is 18.3 Å². The number of rotatable bonds is 8. The van der Waals surface area contributed by atoms with Gasteiger partial charge in [0.15, 0.2) is 0 Å². The molecule has 0 saturated carbocycles. The van der Waals surface area contributed by atoms with Gasteiger partial charge < -0.3 is 10.1 Å². The molecular formula is C13H19N3O. The van der Waals surface area contributed by atoms with E-state index in [1.807, 2.05) is 12.1 Å². The molecule has 4 nitrogen and oxygen atoms in total. The lowest BCUT2D eigenvalue weighted by atomic mass is 10.2. The number of pyridine rings is 1. The number of nitrogens with zero attached hydrogens (tertiary/aromatic N) is 2. The van der Waals surface area contributed by atoms with Crippen LogP contribution in [0.5, 0.6) is 0 Å². The summed E-state index contributed by atoms with van der Waals surface area (Å²) >= 11 is 0. The summed E-state index contributed by atoms with van der Waals surface area (Å²) in [6.45, 7) is 5.14. The summed E-state index contributed by atoms with van der Waals surface area (Å²) < 4.78 is 5.43. The standard InChI is InChI=1S/C13H19N3O/c1-2-3-8-17-9-7-15-11-12-5-4-6-16-13(12)10-14/h4-6,15H,2-3,7-9,11H2,1H3. The van der Waals surface area contributed by atoms with Crippen molar-refractivity contribution < 1.29 is 4.74 Å². The molecule has 0 saturated heterocycles. The van der Waals surface area contributed by atoms with Crippen LogP contribution in [-0.4, -0.2) is 24.7 Å². The van der Waals surface area contributed by atoms with Crippen LogP contribution in [0.25, 0.3) is 0 Å². The zero-order chi connectivity index (χ0) is 12.3. The van der Waals surface area contributed by atoms with E-state index >= 15 is 0 Å². The van der Waals surface area contributed by atoms with Crippen molar-refractivity contribution in [1.82, 2.24) is 10.3 Å². The average molecular weight is 233 g/mol. The fourth-order valence-corrected chi connectivity index (χ4v) is 1.40. The monoisotopic (exact) mass is 233 g/mol. The van der Waals surface area contributed by atoms with Gasteiger partial charge in [-0.3, -0.25) is 0 Å². The predicted octanol–water partition coefficient (Wildman–Crippen LogP) is 1.86. The highest BCUT2D eigenvalue weighted by Gasteiger charge is 2.00. The number of nitriles is 1. The van der Waals surface area contributed by atoms with Crippen molar-refractivity contribution in [2.24, 2.45) is 0 Å². The number of ether oxygens (including phenoxy) is 1. The lowest BCUT2D eigenvalue weighted by molar-refractivity contribution is 0.133. The van der Waals surface area contributed by atoms with E-state index in [1.165, 1.54) is 0 Å². The van der Waals surface area contributed by atoms with Gasteiger partial charge >= 0.3 is 0 Å². The predicted molar refractivity (Wildman–Crippen MR) is 66.4 cm³/mol. The molecule has 1 heterocycles. The molecular weight excluding hydrogens is 214 g/mol. The Morgan fingerprint density at radius 2 is 2.35 bits per heavy atom. The van der Waals surface area contributed by atoms with Crippen molar-refractivity contribution in [3.8, 4) is 6.07 Å². The molecule has 17 heavy (non-hydrogen) atoms. The van der Waals surface area contributed by atoms with Crippen molar-refractivity contribution in [2.75, 3.05) is 19.8 Å². The van der Waals surface area contributed by atoms with E-state index in [1.54, 1.807) is 6.20 Å². The number of aromatic nitrogens is 1. The van der Waals surface area contributed by atoms with Crippen LogP contribution in [0.4, 0.5) is 0 Å². The Morgan fingerprint density at radius 3 is 3.12 bits per heavy atom. The van der Waals surface area contributed by atoms with Crippen LogP contribution in [0.3, 0.4) is 0 Å². The Morgan fingerprint density at radius 1 is 1.47 bits per heavy atom. The third kappa shape index (κ3) is 5.43. The van der Waals surface area contributed by atoms with E-state index in [0.29, 0.717) is 18.8 Å². The third-order valence-corrected chi connectivity index (χ3v) is 2.38. The minimum atomic E-state index is 0.493. The molecule has 0 spiro atoms. The highest BCUT2D eigenvalue weighted by atomic mass is 16.5. The van der Waals surface area contributed by atoms with Crippen molar-refractivity contribution in [3.05, 3.63) is 29.6 Å². The molecule has 4 heteroatoms. The summed E-state index contributed by atoms with van der Waals surface area (Å²) in [6, 6.07) is 5.84. The van der Waals surface area contributed by atoms with Gasteiger partial charge in [-0.15, -0.1) is 0 Å². The largest absolute Gasteiger partial charge is 0.380 e. The topological polar surface area (TPSA) is 57.9 Å². The van der Waals surface area contributed by atoms with Gasteiger partial charge in [0, 0.05) is 31.5 Å². The molecule has 1 aromatic rings. The zero-order valence-corrected chi connectivity index (χ0v) is 10.3. The molecule has 1 aromatic heterocycles. The highest BCUT2D eigenvalue weighted by molar-refractivity contribution is 5.30. The molecule has 1 rings (SSSR count). The number of unbranched alkanes of at least 4 members (excludes halogenated alkanes) is 1. The molecule has 0 aliphatic heterocycles. The van der Waals surface area contributed by atoms with Crippen LogP contribution < -0.4 is 5.32 Å². The molecule has 1 N–H and O–H groups in total. The van der Waals surface area contributed by atoms with Crippen LogP contribution in [0.2, 0.25) is 0 Å². The summed E-state index contributed by atoms with van der Waals surface area (Å²) in [7, 11) is 0. The van der Waals surface area contributed by atoms with Crippen LogP contribution in [0.1, 0.15) is 31.0 Å². The maximum absolute atomic E-state index is 8.85. The minimum Gasteiger partial charge on any atom is -0.380 e. The molecule has 0 aliphatic rings. The summed E-state index contributed by atoms with van der Waals surface area (Å²) in [4.78, 5) is 4.00. The van der Waals surface area contributed by atoms with Crippen molar-refractivity contribution in [1.29, 1.82) is 5.26 Å². The average Bonchev–Trinajstić information content (AvgIpc) is 2.38. The summed E-state index contributed by atoms with van der Waals surface area (Å²) in [5.74, 6) is 0. The zero-order valence-electron chi connectivity index (χ0n) is 10.3. The smallest absolute Gasteiger partial charge is 0.144 e. The van der Waals surface area contributed by atoms with Crippen molar-refractivity contribution in [2.45, 2.75) is 26.3 Å². The fraction of sp³-hybridized carbons (Fsp3) is 0.538. The first kappa shape index (κ1) is 13.6. The first-order valence-electron chi connectivity index (χ1n) is 6.01. The summed E-state index contributed by atoms with van der Waals surface area (Å²) in [5.41, 5.74) is 1.43. The van der Waals surface area contributed by atoms with Crippen LogP contribution >= 0.6 is 0 Å². The molecule has 0 aliphatic carbocycles.